The van der Waals surface area contributed by atoms with Gasteiger partial charge in [-0.2, -0.15) is 0 Å². The van der Waals surface area contributed by atoms with E-state index >= 15 is 0 Å². The van der Waals surface area contributed by atoms with Crippen LogP contribution < -0.4 is 5.32 Å². The fourth-order valence-electron chi connectivity index (χ4n) is 13.6. The highest BCUT2D eigenvalue weighted by Crippen LogP contribution is 2.33. The number of carbonyl (C=O) groups is 1. The highest BCUT2D eigenvalue weighted by Gasteiger charge is 2.54. The van der Waals surface area contributed by atoms with Gasteiger partial charge in [0.2, 0.25) is 5.91 Å². The lowest BCUT2D eigenvalue weighted by molar-refractivity contribution is -0.379. The van der Waals surface area contributed by atoms with Crippen LogP contribution in [0.3, 0.4) is 0 Å². The summed E-state index contributed by atoms with van der Waals surface area (Å²) in [6, 6.07) is -0.997. The van der Waals surface area contributed by atoms with E-state index in [1.54, 1.807) is 6.08 Å². The van der Waals surface area contributed by atoms with Crippen LogP contribution >= 0.6 is 0 Å². The number of ether oxygens (including phenoxy) is 6. The number of unbranched alkanes of at least 4 members (excludes halogenated alkanes) is 29. The Morgan fingerprint density at radius 1 is 0.336 bits per heavy atom. The second kappa shape index (κ2) is 69.0. The van der Waals surface area contributed by atoms with Crippen molar-refractivity contribution in [2.45, 2.75) is 394 Å². The summed E-state index contributed by atoms with van der Waals surface area (Å²) in [6.45, 7) is 1.62. The molecule has 630 valence electrons. The molecule has 3 fully saturated rings. The molecule has 3 aliphatic heterocycles. The Hall–Kier alpha value is -4.33. The summed E-state index contributed by atoms with van der Waals surface area (Å²) >= 11 is 0. The van der Waals surface area contributed by atoms with Crippen molar-refractivity contribution in [3.63, 3.8) is 0 Å². The fraction of sp³-hybridized carbons (Fsp3) is 0.725. The maximum absolute atomic E-state index is 13.5. The van der Waals surface area contributed by atoms with Crippen LogP contribution in [0.2, 0.25) is 0 Å². The van der Waals surface area contributed by atoms with Crippen molar-refractivity contribution >= 4 is 5.91 Å². The van der Waals surface area contributed by atoms with Crippen molar-refractivity contribution in [3.8, 4) is 0 Å². The molecule has 0 aromatic carbocycles. The van der Waals surface area contributed by atoms with Gasteiger partial charge in [-0.05, 0) is 103 Å². The zero-order valence-corrected chi connectivity index (χ0v) is 67.7. The molecule has 19 heteroatoms. The van der Waals surface area contributed by atoms with Crippen molar-refractivity contribution in [1.82, 2.24) is 5.32 Å². The molecule has 12 N–H and O–H groups in total. The zero-order chi connectivity index (χ0) is 79.5. The van der Waals surface area contributed by atoms with Gasteiger partial charge in [0.05, 0.1) is 38.6 Å². The number of aliphatic hydroxyl groups is 11. The summed E-state index contributed by atoms with van der Waals surface area (Å²) in [7, 11) is 0. The third-order valence-electron chi connectivity index (χ3n) is 20.4. The van der Waals surface area contributed by atoms with Gasteiger partial charge in [0.25, 0.3) is 0 Å². The molecule has 0 bridgehead atoms. The lowest BCUT2D eigenvalue weighted by Gasteiger charge is -2.48. The summed E-state index contributed by atoms with van der Waals surface area (Å²) in [4.78, 5) is 13.5. The van der Waals surface area contributed by atoms with Gasteiger partial charge in [-0.1, -0.05) is 327 Å². The van der Waals surface area contributed by atoms with E-state index in [4.69, 9.17) is 28.4 Å². The van der Waals surface area contributed by atoms with E-state index in [0.29, 0.717) is 6.42 Å². The molecule has 0 aliphatic carbocycles. The SMILES string of the molecule is CC/C=C\C/C=C\C/C=C\C/C=C\C/C=C\C/C=C\C/C=C\C/C=C\C/C=C\C/C=C\C/C=C\CCCCCCCC(=O)NC(COC1OC(CO)C(OC2OC(CO)C(OC3OC(CO)C(O)C(O)C3O)C(O)C2O)C(O)C1O)C(O)/C=C/CCCCCCCCCCCCCCCCCCCCCCCCCC. The highest BCUT2D eigenvalue weighted by atomic mass is 16.8. The van der Waals surface area contributed by atoms with E-state index < -0.39 is 124 Å². The molecule has 0 aromatic rings. The number of nitrogens with one attached hydrogen (secondary N) is 1. The van der Waals surface area contributed by atoms with Crippen molar-refractivity contribution in [2.75, 3.05) is 26.4 Å². The average molecular weight is 1550 g/mol. The first kappa shape index (κ1) is 99.9. The van der Waals surface area contributed by atoms with Crippen LogP contribution in [0.1, 0.15) is 290 Å². The second-order valence-corrected chi connectivity index (χ2v) is 29.9. The van der Waals surface area contributed by atoms with Gasteiger partial charge >= 0.3 is 0 Å². The van der Waals surface area contributed by atoms with E-state index in [9.17, 15) is 61.0 Å². The molecule has 0 spiro atoms. The third-order valence-corrected chi connectivity index (χ3v) is 20.4. The van der Waals surface area contributed by atoms with E-state index in [-0.39, 0.29) is 18.9 Å². The normalized spacial score (nSPS) is 25.9. The Morgan fingerprint density at radius 3 is 0.982 bits per heavy atom. The van der Waals surface area contributed by atoms with Crippen molar-refractivity contribution < 1.29 is 89.4 Å². The van der Waals surface area contributed by atoms with Crippen molar-refractivity contribution in [3.05, 3.63) is 146 Å². The Kier molecular flexibility index (Phi) is 62.7. The molecule has 0 saturated carbocycles. The summed E-state index contributed by atoms with van der Waals surface area (Å²) in [5, 5.41) is 121. The topological polar surface area (TPSA) is 307 Å². The molecule has 17 unspecified atom stereocenters. The number of allylic oxidation sites excluding steroid dienone is 23. The molecule has 3 heterocycles. The van der Waals surface area contributed by atoms with E-state index in [0.717, 1.165) is 128 Å². The molecular formula is C91H153NO18. The van der Waals surface area contributed by atoms with Crippen LogP contribution in [-0.2, 0) is 33.2 Å². The fourth-order valence-corrected chi connectivity index (χ4v) is 13.6. The molecule has 3 aliphatic rings. The number of aliphatic hydroxyl groups excluding tert-OH is 11. The summed E-state index contributed by atoms with van der Waals surface area (Å²) in [6.07, 6.45) is 74.0. The minimum atomic E-state index is -1.99. The number of hydrogen-bond acceptors (Lipinski definition) is 18. The van der Waals surface area contributed by atoms with Gasteiger partial charge in [0.1, 0.15) is 73.2 Å². The second-order valence-electron chi connectivity index (χ2n) is 29.9. The minimum absolute atomic E-state index is 0.212. The largest absolute Gasteiger partial charge is 0.394 e. The van der Waals surface area contributed by atoms with Crippen molar-refractivity contribution in [1.29, 1.82) is 0 Å². The molecule has 0 radical (unpaired) electrons. The Labute approximate surface area is 663 Å². The van der Waals surface area contributed by atoms with E-state index in [1.165, 1.54) is 135 Å². The predicted molar refractivity (Wildman–Crippen MR) is 442 cm³/mol. The van der Waals surface area contributed by atoms with Gasteiger partial charge < -0.3 is 89.9 Å². The first-order chi connectivity index (χ1) is 53.8. The summed E-state index contributed by atoms with van der Waals surface area (Å²) in [5.74, 6) is -0.297. The third kappa shape index (κ3) is 47.5. The summed E-state index contributed by atoms with van der Waals surface area (Å²) in [5.41, 5.74) is 0. The monoisotopic (exact) mass is 1550 g/mol. The maximum atomic E-state index is 13.5. The molecule has 3 saturated heterocycles. The Balaban J connectivity index is 1.37. The highest BCUT2D eigenvalue weighted by molar-refractivity contribution is 5.76. The van der Waals surface area contributed by atoms with Gasteiger partial charge in [-0.3, -0.25) is 4.79 Å². The van der Waals surface area contributed by atoms with Crippen LogP contribution in [0, 0.1) is 0 Å². The van der Waals surface area contributed by atoms with Gasteiger partial charge in [-0.25, -0.2) is 0 Å². The van der Waals surface area contributed by atoms with Crippen LogP contribution in [-0.4, -0.2) is 193 Å². The molecule has 110 heavy (non-hydrogen) atoms. The van der Waals surface area contributed by atoms with Gasteiger partial charge in [0.15, 0.2) is 18.9 Å². The zero-order valence-electron chi connectivity index (χ0n) is 67.7. The molecule has 1 amide bonds. The smallest absolute Gasteiger partial charge is 0.220 e. The van der Waals surface area contributed by atoms with Crippen LogP contribution in [0.5, 0.6) is 0 Å². The Morgan fingerprint density at radius 2 is 0.627 bits per heavy atom. The van der Waals surface area contributed by atoms with E-state index in [1.807, 2.05) is 6.08 Å². The first-order valence-electron chi connectivity index (χ1n) is 43.1. The van der Waals surface area contributed by atoms with Crippen LogP contribution in [0.25, 0.3) is 0 Å². The summed E-state index contributed by atoms with van der Waals surface area (Å²) < 4.78 is 34.5. The van der Waals surface area contributed by atoms with Crippen LogP contribution in [0.15, 0.2) is 146 Å². The molecular weight excluding hydrogens is 1390 g/mol. The quantitative estimate of drug-likeness (QED) is 0.0199. The number of carbonyl (C=O) groups excluding carboxylic acids is 1. The van der Waals surface area contributed by atoms with Gasteiger partial charge in [0, 0.05) is 6.42 Å². The number of hydrogen-bond donors (Lipinski definition) is 12. The average Bonchev–Trinajstić information content (AvgIpc) is 0.780. The predicted octanol–water partition coefficient (Wildman–Crippen LogP) is 15.8. The first-order valence-corrected chi connectivity index (χ1v) is 43.1. The maximum Gasteiger partial charge on any atom is 0.220 e. The minimum Gasteiger partial charge on any atom is -0.394 e. The lowest BCUT2D eigenvalue weighted by atomic mass is 9.96. The molecule has 0 aromatic heterocycles. The molecule has 19 nitrogen and oxygen atoms in total. The van der Waals surface area contributed by atoms with E-state index in [2.05, 4.69) is 153 Å². The lowest BCUT2D eigenvalue weighted by Crippen LogP contribution is -2.66. The molecule has 3 rings (SSSR count). The standard InChI is InChI=1S/C91H153NO18/c1-3-5-7-9-11-13-15-17-19-21-23-25-27-29-31-32-33-34-35-36-37-38-39-40-41-42-43-45-47-49-51-53-55-57-59-61-63-65-67-69-79(97)92-74(75(96)68-66-64-62-60-58-56-54-52-50-48-46-44-30-28-26-24-22-20-18-16-14-12-10-8-6-4-2)73-105-89-85(103)82(100)87(77(71-94)107-89)110-91-86(104)83(101)88(78(72-95)108-91)109-90-84(102)81(99)80(98)76(70-93)106-90/h5,7,11,13,17,19,23,25,29,31,33-34,36-37,39-40,42-43,47,49,53,55,66,68,74-78,80-91,93-96,98-104H,3-4,6,8-10,12,14-16,18,20-22,24,26-28,30,32,35,38,41,44-46,48,50-52,54,56-65,67,69-73H2,1-2H3,(H,92,97)/b7-5-,13-11-,19-17-,25-23-,31-29-,34-33-,37-36-,40-39-,43-42-,49-47-,55-53-,68-66+. The Bertz CT molecular complexity index is 2560. The molecule has 17 atom stereocenters. The van der Waals surface area contributed by atoms with Crippen molar-refractivity contribution in [2.24, 2.45) is 0 Å². The number of amides is 1. The van der Waals surface area contributed by atoms with Crippen LogP contribution in [0.4, 0.5) is 0 Å². The van der Waals surface area contributed by atoms with Gasteiger partial charge in [-0.15, -0.1) is 0 Å². The number of rotatable bonds is 67.